The topological polar surface area (TPSA) is 76.2 Å². The van der Waals surface area contributed by atoms with Crippen molar-refractivity contribution in [2.24, 2.45) is 0 Å². The van der Waals surface area contributed by atoms with Crippen LogP contribution in [0.15, 0.2) is 30.3 Å². The van der Waals surface area contributed by atoms with E-state index in [4.69, 9.17) is 21.6 Å². The molecule has 6 heteroatoms. The van der Waals surface area contributed by atoms with Gasteiger partial charge >= 0.3 is 0 Å². The summed E-state index contributed by atoms with van der Waals surface area (Å²) in [5.74, 6) is 0.595. The first-order valence-corrected chi connectivity index (χ1v) is 6.44. The Morgan fingerprint density at radius 3 is 2.57 bits per heavy atom. The maximum Gasteiger partial charge on any atom is 0.276 e. The van der Waals surface area contributed by atoms with Crippen molar-refractivity contribution >= 4 is 17.3 Å². The van der Waals surface area contributed by atoms with Crippen LogP contribution in [-0.2, 0) is 0 Å². The van der Waals surface area contributed by atoms with Crippen LogP contribution in [-0.4, -0.2) is 4.92 Å². The fourth-order valence-corrected chi connectivity index (χ4v) is 2.15. The van der Waals surface area contributed by atoms with Crippen LogP contribution in [0.25, 0.3) is 0 Å². The van der Waals surface area contributed by atoms with E-state index in [0.29, 0.717) is 11.3 Å². The Labute approximate surface area is 126 Å². The second kappa shape index (κ2) is 5.81. The predicted molar refractivity (Wildman–Crippen MR) is 78.8 cm³/mol. The first kappa shape index (κ1) is 14.8. The lowest BCUT2D eigenvalue weighted by atomic mass is 10.1. The van der Waals surface area contributed by atoms with E-state index in [-0.39, 0.29) is 22.0 Å². The Morgan fingerprint density at radius 2 is 1.95 bits per heavy atom. The van der Waals surface area contributed by atoms with Crippen molar-refractivity contribution in [3.05, 3.63) is 62.2 Å². The van der Waals surface area contributed by atoms with Crippen LogP contribution < -0.4 is 4.74 Å². The first-order chi connectivity index (χ1) is 9.93. The Balaban J connectivity index is 2.50. The number of halogens is 1. The van der Waals surface area contributed by atoms with Gasteiger partial charge in [0.25, 0.3) is 5.69 Å². The van der Waals surface area contributed by atoms with Gasteiger partial charge < -0.3 is 4.74 Å². The summed E-state index contributed by atoms with van der Waals surface area (Å²) in [6, 6.07) is 9.81. The normalized spacial score (nSPS) is 10.0. The number of nitrogens with zero attached hydrogens (tertiary/aromatic N) is 2. The van der Waals surface area contributed by atoms with Crippen molar-refractivity contribution in [1.29, 1.82) is 5.26 Å². The molecule has 0 saturated carbocycles. The molecule has 0 saturated heterocycles. The van der Waals surface area contributed by atoms with Gasteiger partial charge in [-0.2, -0.15) is 5.26 Å². The minimum absolute atomic E-state index is 0.0314. The van der Waals surface area contributed by atoms with Crippen LogP contribution in [0, 0.1) is 35.3 Å². The molecule has 106 valence electrons. The number of rotatable bonds is 3. The van der Waals surface area contributed by atoms with Crippen molar-refractivity contribution in [3.63, 3.8) is 0 Å². The first-order valence-electron chi connectivity index (χ1n) is 6.06. The van der Waals surface area contributed by atoms with Crippen molar-refractivity contribution in [2.75, 3.05) is 0 Å². The second-order valence-corrected chi connectivity index (χ2v) is 4.90. The quantitative estimate of drug-likeness (QED) is 0.616. The molecule has 0 aromatic heterocycles. The van der Waals surface area contributed by atoms with E-state index in [0.717, 1.165) is 5.56 Å². The Hall–Kier alpha value is -2.58. The second-order valence-electron chi connectivity index (χ2n) is 4.49. The maximum absolute atomic E-state index is 11.0. The van der Waals surface area contributed by atoms with Gasteiger partial charge in [-0.3, -0.25) is 10.1 Å². The number of hydrogen-bond acceptors (Lipinski definition) is 4. The zero-order valence-electron chi connectivity index (χ0n) is 11.4. The lowest BCUT2D eigenvalue weighted by Gasteiger charge is -2.11. The Bertz CT molecular complexity index is 766. The van der Waals surface area contributed by atoms with E-state index in [1.165, 1.54) is 6.07 Å². The molecule has 0 heterocycles. The molecule has 0 amide bonds. The van der Waals surface area contributed by atoms with Gasteiger partial charge in [0.2, 0.25) is 0 Å². The van der Waals surface area contributed by atoms with E-state index in [1.807, 2.05) is 6.07 Å². The van der Waals surface area contributed by atoms with Crippen LogP contribution in [0.5, 0.6) is 11.5 Å². The standard InChI is InChI=1S/C15H11ClN2O3/c1-9-6-10(2)15(7-13(9)18(19)20)21-14-5-3-4-12(16)11(14)8-17/h3-7H,1-2H3. The third kappa shape index (κ3) is 2.96. The molecule has 0 atom stereocenters. The van der Waals surface area contributed by atoms with Crippen molar-refractivity contribution in [3.8, 4) is 17.6 Å². The maximum atomic E-state index is 11.0. The van der Waals surface area contributed by atoms with Gasteiger partial charge in [-0.05, 0) is 37.6 Å². The summed E-state index contributed by atoms with van der Waals surface area (Å²) in [4.78, 5) is 10.5. The highest BCUT2D eigenvalue weighted by Crippen LogP contribution is 2.34. The lowest BCUT2D eigenvalue weighted by molar-refractivity contribution is -0.385. The molecule has 0 unspecified atom stereocenters. The number of aryl methyl sites for hydroxylation is 2. The molecule has 0 radical (unpaired) electrons. The fourth-order valence-electron chi connectivity index (χ4n) is 1.94. The van der Waals surface area contributed by atoms with Gasteiger partial charge in [0, 0.05) is 5.56 Å². The van der Waals surface area contributed by atoms with Crippen molar-refractivity contribution < 1.29 is 9.66 Å². The third-order valence-electron chi connectivity index (χ3n) is 3.00. The minimum Gasteiger partial charge on any atom is -0.455 e. The molecule has 21 heavy (non-hydrogen) atoms. The largest absolute Gasteiger partial charge is 0.455 e. The van der Waals surface area contributed by atoms with E-state index in [9.17, 15) is 10.1 Å². The zero-order valence-corrected chi connectivity index (χ0v) is 12.1. The molecular formula is C15H11ClN2O3. The van der Waals surface area contributed by atoms with E-state index >= 15 is 0 Å². The van der Waals surface area contributed by atoms with Crippen LogP contribution in [0.1, 0.15) is 16.7 Å². The van der Waals surface area contributed by atoms with Gasteiger partial charge in [0.05, 0.1) is 16.0 Å². The number of ether oxygens (including phenoxy) is 1. The van der Waals surface area contributed by atoms with Crippen LogP contribution in [0.2, 0.25) is 5.02 Å². The molecule has 5 nitrogen and oxygen atoms in total. The summed E-state index contributed by atoms with van der Waals surface area (Å²) in [5, 5.41) is 20.4. The summed E-state index contributed by atoms with van der Waals surface area (Å²) >= 11 is 5.93. The average molecular weight is 303 g/mol. The van der Waals surface area contributed by atoms with E-state index in [2.05, 4.69) is 0 Å². The molecule has 0 aliphatic heterocycles. The van der Waals surface area contributed by atoms with Gasteiger partial charge in [-0.15, -0.1) is 0 Å². The highest BCUT2D eigenvalue weighted by atomic mass is 35.5. The van der Waals surface area contributed by atoms with Gasteiger partial charge in [-0.25, -0.2) is 0 Å². The molecule has 2 aromatic rings. The highest BCUT2D eigenvalue weighted by Gasteiger charge is 2.16. The third-order valence-corrected chi connectivity index (χ3v) is 3.31. The summed E-state index contributed by atoms with van der Waals surface area (Å²) in [5.41, 5.74) is 1.45. The predicted octanol–water partition coefficient (Wildman–Crippen LogP) is 4.53. The van der Waals surface area contributed by atoms with Crippen LogP contribution >= 0.6 is 11.6 Å². The smallest absolute Gasteiger partial charge is 0.276 e. The zero-order chi connectivity index (χ0) is 15.6. The van der Waals surface area contributed by atoms with Crippen molar-refractivity contribution in [2.45, 2.75) is 13.8 Å². The molecule has 2 aromatic carbocycles. The molecule has 2 rings (SSSR count). The summed E-state index contributed by atoms with van der Waals surface area (Å²) in [6.45, 7) is 3.44. The number of benzene rings is 2. The van der Waals surface area contributed by atoms with Crippen LogP contribution in [0.3, 0.4) is 0 Å². The van der Waals surface area contributed by atoms with E-state index < -0.39 is 4.92 Å². The molecule has 0 aliphatic carbocycles. The van der Waals surface area contributed by atoms with Crippen molar-refractivity contribution in [1.82, 2.24) is 0 Å². The molecule has 0 fully saturated rings. The number of nitro benzene ring substituents is 1. The number of nitriles is 1. The minimum atomic E-state index is -0.467. The Kier molecular flexibility index (Phi) is 4.10. The summed E-state index contributed by atoms with van der Waals surface area (Å²) in [6.07, 6.45) is 0. The monoisotopic (exact) mass is 302 g/mol. The van der Waals surface area contributed by atoms with Gasteiger partial charge in [-0.1, -0.05) is 17.7 Å². The Morgan fingerprint density at radius 1 is 1.24 bits per heavy atom. The SMILES string of the molecule is Cc1cc(C)c([N+](=O)[O-])cc1Oc1cccc(Cl)c1C#N. The lowest BCUT2D eigenvalue weighted by Crippen LogP contribution is -1.96. The molecule has 0 spiro atoms. The fraction of sp³-hybridized carbons (Fsp3) is 0.133. The molecular weight excluding hydrogens is 292 g/mol. The number of hydrogen-bond donors (Lipinski definition) is 0. The molecule has 0 bridgehead atoms. The number of nitro groups is 1. The summed E-state index contributed by atoms with van der Waals surface area (Å²) in [7, 11) is 0. The molecule has 0 aliphatic rings. The van der Waals surface area contributed by atoms with E-state index in [1.54, 1.807) is 38.1 Å². The van der Waals surface area contributed by atoms with Crippen LogP contribution in [0.4, 0.5) is 5.69 Å². The highest BCUT2D eigenvalue weighted by molar-refractivity contribution is 6.31. The van der Waals surface area contributed by atoms with Gasteiger partial charge in [0.1, 0.15) is 23.1 Å². The molecule has 0 N–H and O–H groups in total. The average Bonchev–Trinajstić information content (AvgIpc) is 2.41. The summed E-state index contributed by atoms with van der Waals surface area (Å²) < 4.78 is 5.65. The van der Waals surface area contributed by atoms with Gasteiger partial charge in [0.15, 0.2) is 0 Å².